The molecule has 0 fully saturated rings. The highest BCUT2D eigenvalue weighted by molar-refractivity contribution is 5.73. The van der Waals surface area contributed by atoms with Gasteiger partial charge in [-0.3, -0.25) is 9.59 Å². The highest BCUT2D eigenvalue weighted by atomic mass is 16.1. The molecular weight excluding hydrogens is 156 g/mol. The Labute approximate surface area is 69.4 Å². The minimum Gasteiger partial charge on any atom is -0.370 e. The molecule has 0 saturated heterocycles. The Kier molecular flexibility index (Phi) is 2.63. The van der Waals surface area contributed by atoms with Crippen LogP contribution in [0.15, 0.2) is 23.1 Å². The number of aromatic amines is 1. The summed E-state index contributed by atoms with van der Waals surface area (Å²) in [5, 5.41) is 0. The zero-order valence-corrected chi connectivity index (χ0v) is 6.54. The molecule has 1 aromatic heterocycles. The second-order valence-corrected chi connectivity index (χ2v) is 2.49. The van der Waals surface area contributed by atoms with Crippen molar-refractivity contribution in [2.24, 2.45) is 5.73 Å². The third-order valence-corrected chi connectivity index (χ3v) is 1.54. The lowest BCUT2D eigenvalue weighted by Gasteiger charge is -1.95. The summed E-state index contributed by atoms with van der Waals surface area (Å²) in [4.78, 5) is 23.9. The van der Waals surface area contributed by atoms with Gasteiger partial charge in [-0.25, -0.2) is 0 Å². The van der Waals surface area contributed by atoms with E-state index in [-0.39, 0.29) is 12.0 Å². The number of primary amides is 1. The Balaban J connectivity index is 2.70. The molecule has 0 aromatic carbocycles. The van der Waals surface area contributed by atoms with Gasteiger partial charge in [-0.2, -0.15) is 0 Å². The highest BCUT2D eigenvalue weighted by Gasteiger charge is 1.99. The molecule has 0 aliphatic rings. The van der Waals surface area contributed by atoms with Crippen molar-refractivity contribution in [3.05, 3.63) is 34.2 Å². The lowest BCUT2D eigenvalue weighted by Crippen LogP contribution is -2.16. The molecule has 4 nitrogen and oxygen atoms in total. The molecule has 0 radical (unpaired) electrons. The van der Waals surface area contributed by atoms with Crippen molar-refractivity contribution in [2.75, 3.05) is 0 Å². The van der Waals surface area contributed by atoms with Crippen molar-refractivity contribution in [1.29, 1.82) is 0 Å². The Hall–Kier alpha value is -1.58. The van der Waals surface area contributed by atoms with Crippen LogP contribution in [0.1, 0.15) is 12.0 Å². The minimum atomic E-state index is -0.391. The summed E-state index contributed by atoms with van der Waals surface area (Å²) in [6.07, 6.45) is 2.18. The van der Waals surface area contributed by atoms with Gasteiger partial charge in [-0.1, -0.05) is 6.07 Å². The van der Waals surface area contributed by atoms with E-state index in [1.807, 2.05) is 0 Å². The molecule has 0 bridgehead atoms. The number of nitrogens with one attached hydrogen (secondary N) is 1. The van der Waals surface area contributed by atoms with Gasteiger partial charge in [0.2, 0.25) is 5.91 Å². The molecule has 64 valence electrons. The third kappa shape index (κ3) is 2.23. The van der Waals surface area contributed by atoms with Crippen LogP contribution in [0.4, 0.5) is 0 Å². The standard InChI is InChI=1S/C8H10N2O2/c9-7(11)4-3-6-2-1-5-10-8(6)12/h1-2,5H,3-4H2,(H2,9,11)(H,10,12). The fraction of sp³-hybridized carbons (Fsp3) is 0.250. The van der Waals surface area contributed by atoms with Gasteiger partial charge in [-0.05, 0) is 12.5 Å². The predicted octanol–water partition coefficient (Wildman–Crippen LogP) is -0.207. The maximum absolute atomic E-state index is 11.0. The number of carbonyl (C=O) groups excluding carboxylic acids is 1. The molecule has 1 heterocycles. The second kappa shape index (κ2) is 3.71. The summed E-state index contributed by atoms with van der Waals surface area (Å²) in [5.41, 5.74) is 5.38. The van der Waals surface area contributed by atoms with E-state index in [0.29, 0.717) is 12.0 Å². The number of amides is 1. The van der Waals surface area contributed by atoms with E-state index in [1.165, 1.54) is 0 Å². The molecule has 0 aliphatic heterocycles. The zero-order valence-electron chi connectivity index (χ0n) is 6.54. The summed E-state index contributed by atoms with van der Waals surface area (Å²) < 4.78 is 0. The normalized spacial score (nSPS) is 9.67. The molecule has 12 heavy (non-hydrogen) atoms. The van der Waals surface area contributed by atoms with Gasteiger partial charge < -0.3 is 10.7 Å². The molecule has 0 atom stereocenters. The Morgan fingerprint density at radius 2 is 2.33 bits per heavy atom. The van der Waals surface area contributed by atoms with Gasteiger partial charge in [0.1, 0.15) is 0 Å². The molecule has 1 aromatic rings. The van der Waals surface area contributed by atoms with Crippen LogP contribution >= 0.6 is 0 Å². The van der Waals surface area contributed by atoms with Crippen molar-refractivity contribution in [3.8, 4) is 0 Å². The third-order valence-electron chi connectivity index (χ3n) is 1.54. The molecular formula is C8H10N2O2. The fourth-order valence-corrected chi connectivity index (χ4v) is 0.911. The van der Waals surface area contributed by atoms with Crippen molar-refractivity contribution < 1.29 is 4.79 Å². The van der Waals surface area contributed by atoms with Gasteiger partial charge in [0.25, 0.3) is 5.56 Å². The predicted molar refractivity (Wildman–Crippen MR) is 44.6 cm³/mol. The maximum Gasteiger partial charge on any atom is 0.251 e. The zero-order chi connectivity index (χ0) is 8.97. The monoisotopic (exact) mass is 166 g/mol. The molecule has 4 heteroatoms. The van der Waals surface area contributed by atoms with Crippen LogP contribution in [0.25, 0.3) is 0 Å². The van der Waals surface area contributed by atoms with Crippen molar-refractivity contribution in [1.82, 2.24) is 4.98 Å². The molecule has 0 saturated carbocycles. The Morgan fingerprint density at radius 1 is 1.58 bits per heavy atom. The molecule has 0 spiro atoms. The van der Waals surface area contributed by atoms with Gasteiger partial charge in [0.05, 0.1) is 0 Å². The maximum atomic E-state index is 11.0. The van der Waals surface area contributed by atoms with E-state index in [1.54, 1.807) is 18.3 Å². The topological polar surface area (TPSA) is 76.0 Å². The van der Waals surface area contributed by atoms with Crippen molar-refractivity contribution >= 4 is 5.91 Å². The van der Waals surface area contributed by atoms with E-state index < -0.39 is 5.91 Å². The number of hydrogen-bond donors (Lipinski definition) is 2. The van der Waals surface area contributed by atoms with Crippen LogP contribution in [-0.4, -0.2) is 10.9 Å². The number of rotatable bonds is 3. The lowest BCUT2D eigenvalue weighted by molar-refractivity contribution is -0.117. The summed E-state index contributed by atoms with van der Waals surface area (Å²) in [6, 6.07) is 3.40. The quantitative estimate of drug-likeness (QED) is 0.652. The first kappa shape index (κ1) is 8.52. The van der Waals surface area contributed by atoms with Crippen LogP contribution in [0, 0.1) is 0 Å². The Morgan fingerprint density at radius 3 is 2.92 bits per heavy atom. The summed E-state index contributed by atoms with van der Waals surface area (Å²) in [7, 11) is 0. The molecule has 3 N–H and O–H groups in total. The van der Waals surface area contributed by atoms with Gasteiger partial charge in [0, 0.05) is 18.2 Å². The van der Waals surface area contributed by atoms with Gasteiger partial charge in [-0.15, -0.1) is 0 Å². The SMILES string of the molecule is NC(=O)CCc1ccc[nH]c1=O. The minimum absolute atomic E-state index is 0.154. The average molecular weight is 166 g/mol. The van der Waals surface area contributed by atoms with E-state index in [0.717, 1.165) is 0 Å². The van der Waals surface area contributed by atoms with Crippen LogP contribution in [0.2, 0.25) is 0 Å². The second-order valence-electron chi connectivity index (χ2n) is 2.49. The van der Waals surface area contributed by atoms with E-state index in [9.17, 15) is 9.59 Å². The average Bonchev–Trinajstić information content (AvgIpc) is 2.03. The van der Waals surface area contributed by atoms with Crippen molar-refractivity contribution in [2.45, 2.75) is 12.8 Å². The van der Waals surface area contributed by atoms with Crippen molar-refractivity contribution in [3.63, 3.8) is 0 Å². The van der Waals surface area contributed by atoms with Gasteiger partial charge in [0.15, 0.2) is 0 Å². The fourth-order valence-electron chi connectivity index (χ4n) is 0.911. The highest BCUT2D eigenvalue weighted by Crippen LogP contribution is 1.93. The number of H-pyrrole nitrogens is 1. The lowest BCUT2D eigenvalue weighted by atomic mass is 10.1. The van der Waals surface area contributed by atoms with E-state index in [2.05, 4.69) is 4.98 Å². The largest absolute Gasteiger partial charge is 0.370 e. The first-order valence-electron chi connectivity index (χ1n) is 3.65. The summed E-state index contributed by atoms with van der Waals surface area (Å²) >= 11 is 0. The van der Waals surface area contributed by atoms with E-state index in [4.69, 9.17) is 5.73 Å². The molecule has 1 amide bonds. The molecule has 0 aliphatic carbocycles. The van der Waals surface area contributed by atoms with Crippen LogP contribution in [-0.2, 0) is 11.2 Å². The molecule has 1 rings (SSSR count). The van der Waals surface area contributed by atoms with Crippen LogP contribution < -0.4 is 11.3 Å². The van der Waals surface area contributed by atoms with Crippen LogP contribution in [0.5, 0.6) is 0 Å². The molecule has 0 unspecified atom stereocenters. The summed E-state index contributed by atoms with van der Waals surface area (Å²) in [5.74, 6) is -0.391. The number of nitrogens with two attached hydrogens (primary N) is 1. The number of hydrogen-bond acceptors (Lipinski definition) is 2. The van der Waals surface area contributed by atoms with Gasteiger partial charge >= 0.3 is 0 Å². The number of aryl methyl sites for hydroxylation is 1. The Bertz CT molecular complexity index is 330. The first-order chi connectivity index (χ1) is 5.70. The van der Waals surface area contributed by atoms with Crippen LogP contribution in [0.3, 0.4) is 0 Å². The first-order valence-corrected chi connectivity index (χ1v) is 3.65. The number of pyridine rings is 1. The van der Waals surface area contributed by atoms with E-state index >= 15 is 0 Å². The number of carbonyl (C=O) groups is 1. The summed E-state index contributed by atoms with van der Waals surface area (Å²) in [6.45, 7) is 0. The number of aromatic nitrogens is 1. The smallest absolute Gasteiger partial charge is 0.251 e.